The number of nitrogens with one attached hydrogen (secondary N) is 1. The van der Waals surface area contributed by atoms with E-state index < -0.39 is 35.6 Å². The number of aliphatic carboxylic acids is 1. The summed E-state index contributed by atoms with van der Waals surface area (Å²) in [5.41, 5.74) is 1.93. The molecular weight excluding hydrogens is 530 g/mol. The van der Waals surface area contributed by atoms with Gasteiger partial charge in [0.05, 0.1) is 16.7 Å². The maximum Gasteiger partial charge on any atom is 0.329 e. The minimum Gasteiger partial charge on any atom is -0.480 e. The van der Waals surface area contributed by atoms with E-state index in [2.05, 4.69) is 30.4 Å². The number of aliphatic hydroxyl groups is 2. The maximum absolute atomic E-state index is 12.5. The minimum atomic E-state index is -1.73. The molecule has 1 aromatic carbocycles. The Morgan fingerprint density at radius 3 is 2.68 bits per heavy atom. The molecule has 4 aliphatic rings. The maximum atomic E-state index is 12.5. The molecule has 0 spiro atoms. The Labute approximate surface area is 238 Å². The van der Waals surface area contributed by atoms with E-state index in [1.165, 1.54) is 23.8 Å². The fourth-order valence-electron chi connectivity index (χ4n) is 8.29. The monoisotopic (exact) mass is 569 g/mol. The quantitative estimate of drug-likeness (QED) is 0.270. The number of aliphatic hydroxyl groups excluding tert-OH is 2. The highest BCUT2D eigenvalue weighted by atomic mass is 16.6. The highest BCUT2D eigenvalue weighted by Crippen LogP contribution is 2.65. The van der Waals surface area contributed by atoms with Gasteiger partial charge in [0.2, 0.25) is 0 Å². The molecule has 0 aliphatic heterocycles. The first-order valence-corrected chi connectivity index (χ1v) is 14.5. The number of carbonyl (C=O) groups is 2. The molecule has 0 saturated heterocycles. The van der Waals surface area contributed by atoms with Gasteiger partial charge in [-0.25, -0.2) is 4.79 Å². The average molecular weight is 570 g/mol. The first-order valence-electron chi connectivity index (χ1n) is 14.5. The number of non-ortho nitro benzene ring substituents is 1. The number of rotatable bonds is 8. The van der Waals surface area contributed by atoms with Crippen LogP contribution >= 0.6 is 0 Å². The average Bonchev–Trinajstić information content (AvgIpc) is 3.25. The summed E-state index contributed by atoms with van der Waals surface area (Å²) in [6.07, 6.45) is 8.16. The Morgan fingerprint density at radius 1 is 1.17 bits per heavy atom. The van der Waals surface area contributed by atoms with Crippen LogP contribution < -0.4 is 5.32 Å². The third kappa shape index (κ3) is 5.37. The second kappa shape index (κ2) is 11.2. The number of oxime groups is 1. The van der Waals surface area contributed by atoms with Crippen molar-refractivity contribution in [1.82, 2.24) is 5.32 Å². The fourth-order valence-corrected chi connectivity index (χ4v) is 8.29. The Morgan fingerprint density at radius 2 is 1.95 bits per heavy atom. The lowest BCUT2D eigenvalue weighted by molar-refractivity contribution is -0.385. The Balaban J connectivity index is 1.19. The van der Waals surface area contributed by atoms with Gasteiger partial charge in [-0.15, -0.1) is 0 Å². The van der Waals surface area contributed by atoms with Gasteiger partial charge in [-0.3, -0.25) is 14.9 Å². The number of nitro benzene ring substituents is 1. The van der Waals surface area contributed by atoms with Gasteiger partial charge in [0.15, 0.2) is 12.6 Å². The van der Waals surface area contributed by atoms with Gasteiger partial charge < -0.3 is 25.5 Å². The fraction of sp³-hybridized carbons (Fsp3) is 0.633. The number of hydrogen-bond acceptors (Lipinski definition) is 8. The third-order valence-corrected chi connectivity index (χ3v) is 10.6. The number of hydrogen-bond donors (Lipinski definition) is 4. The van der Waals surface area contributed by atoms with Crippen molar-refractivity contribution >= 4 is 23.3 Å². The number of carboxylic acid groups (broad SMARTS) is 1. The summed E-state index contributed by atoms with van der Waals surface area (Å²) in [5, 5.41) is 48.2. The zero-order valence-electron chi connectivity index (χ0n) is 23.5. The Kier molecular flexibility index (Phi) is 7.95. The number of allylic oxidation sites excluding steroid dienone is 2. The molecule has 8 atom stereocenters. The molecule has 5 rings (SSSR count). The molecule has 0 aromatic heterocycles. The van der Waals surface area contributed by atoms with Gasteiger partial charge in [0.1, 0.15) is 6.10 Å². The minimum absolute atomic E-state index is 0.00800. The first-order chi connectivity index (χ1) is 19.4. The molecule has 0 radical (unpaired) electrons. The van der Waals surface area contributed by atoms with E-state index >= 15 is 0 Å². The van der Waals surface area contributed by atoms with Crippen molar-refractivity contribution in [3.8, 4) is 0 Å². The van der Waals surface area contributed by atoms with Crippen molar-refractivity contribution in [2.75, 3.05) is 6.61 Å². The summed E-state index contributed by atoms with van der Waals surface area (Å²) in [4.78, 5) is 39.9. The van der Waals surface area contributed by atoms with Crippen molar-refractivity contribution in [2.45, 2.75) is 83.5 Å². The second-order valence-electron chi connectivity index (χ2n) is 12.7. The van der Waals surface area contributed by atoms with E-state index in [9.17, 15) is 35.0 Å². The smallest absolute Gasteiger partial charge is 0.329 e. The molecule has 1 aromatic rings. The number of carbonyl (C=O) groups excluding carboxylic acids is 1. The summed E-state index contributed by atoms with van der Waals surface area (Å²) in [5.74, 6) is -0.484. The van der Waals surface area contributed by atoms with Gasteiger partial charge in [0, 0.05) is 12.1 Å². The molecule has 11 heteroatoms. The van der Waals surface area contributed by atoms with Crippen LogP contribution in [-0.2, 0) is 14.4 Å². The van der Waals surface area contributed by atoms with Crippen molar-refractivity contribution in [3.05, 3.63) is 51.6 Å². The molecule has 222 valence electrons. The largest absolute Gasteiger partial charge is 0.480 e. The first kappa shape index (κ1) is 29.2. The Bertz CT molecular complexity index is 1280. The van der Waals surface area contributed by atoms with Gasteiger partial charge in [0.25, 0.3) is 11.6 Å². The molecule has 1 amide bonds. The van der Waals surface area contributed by atoms with Crippen LogP contribution in [0.15, 0.2) is 41.1 Å². The molecule has 4 aliphatic carbocycles. The highest BCUT2D eigenvalue weighted by Gasteiger charge is 2.58. The number of carboxylic acids is 1. The highest BCUT2D eigenvalue weighted by molar-refractivity contribution is 5.96. The SMILES string of the molecule is C[C@]12CC[C@H]3[C@@H](CCC4=C/C(=N\OCC(=O)N[C@H](C(=O)O)[C@H](O)c5cccc([N+](=O)[O-])c5)CC[C@@]43C)[C@@H]1CC[C@@H]2O. The molecule has 0 heterocycles. The summed E-state index contributed by atoms with van der Waals surface area (Å²) >= 11 is 0. The van der Waals surface area contributed by atoms with E-state index in [0.29, 0.717) is 24.2 Å². The lowest BCUT2D eigenvalue weighted by atomic mass is 9.47. The standard InChI is InChI=1S/C30H39N3O8/c1-29-12-10-19(15-18(29)6-7-21-22-8-9-24(34)30(22,2)13-11-23(21)29)32-41-16-25(35)31-26(28(37)38)27(36)17-4-3-5-20(14-17)33(39)40/h3-5,14-15,21-24,26-27,34,36H,6-13,16H2,1-2H3,(H,31,35)(H,37,38)/b32-19-/t21-,22-,23-,24-,26-,27+,29-,30-/m0/s1. The lowest BCUT2D eigenvalue weighted by Crippen LogP contribution is -2.51. The molecule has 3 fully saturated rings. The molecule has 3 saturated carbocycles. The van der Waals surface area contributed by atoms with E-state index in [4.69, 9.17) is 4.84 Å². The van der Waals surface area contributed by atoms with Crippen LogP contribution in [0, 0.1) is 38.7 Å². The summed E-state index contributed by atoms with van der Waals surface area (Å²) in [6.45, 7) is 4.11. The number of fused-ring (bicyclic) bond motifs is 5. The van der Waals surface area contributed by atoms with Crippen molar-refractivity contribution in [1.29, 1.82) is 0 Å². The predicted octanol–water partition coefficient (Wildman–Crippen LogP) is 3.89. The van der Waals surface area contributed by atoms with Crippen LogP contribution in [0.5, 0.6) is 0 Å². The van der Waals surface area contributed by atoms with E-state index in [0.717, 1.165) is 56.7 Å². The number of nitro groups is 1. The molecule has 11 nitrogen and oxygen atoms in total. The van der Waals surface area contributed by atoms with Crippen LogP contribution in [0.25, 0.3) is 0 Å². The van der Waals surface area contributed by atoms with Crippen molar-refractivity contribution < 1.29 is 34.7 Å². The molecule has 41 heavy (non-hydrogen) atoms. The zero-order chi connectivity index (χ0) is 29.5. The summed E-state index contributed by atoms with van der Waals surface area (Å²) in [7, 11) is 0. The van der Waals surface area contributed by atoms with Crippen LogP contribution in [0.2, 0.25) is 0 Å². The van der Waals surface area contributed by atoms with Gasteiger partial charge in [-0.1, -0.05) is 36.7 Å². The van der Waals surface area contributed by atoms with Crippen LogP contribution in [0.3, 0.4) is 0 Å². The molecule has 0 bridgehead atoms. The second-order valence-corrected chi connectivity index (χ2v) is 12.7. The number of amides is 1. The predicted molar refractivity (Wildman–Crippen MR) is 149 cm³/mol. The normalized spacial score (nSPS) is 34.8. The van der Waals surface area contributed by atoms with E-state index in [1.807, 2.05) is 0 Å². The molecule has 0 unspecified atom stereocenters. The summed E-state index contributed by atoms with van der Waals surface area (Å²) in [6, 6.07) is 3.24. The lowest BCUT2D eigenvalue weighted by Gasteiger charge is -2.57. The Hall–Kier alpha value is -3.31. The molecular formula is C30H39N3O8. The third-order valence-electron chi connectivity index (χ3n) is 10.6. The topological polar surface area (TPSA) is 172 Å². The van der Waals surface area contributed by atoms with Crippen LogP contribution in [0.1, 0.15) is 76.9 Å². The molecule has 4 N–H and O–H groups in total. The van der Waals surface area contributed by atoms with E-state index in [-0.39, 0.29) is 28.2 Å². The van der Waals surface area contributed by atoms with Gasteiger partial charge in [-0.2, -0.15) is 0 Å². The number of nitrogens with zero attached hydrogens (tertiary/aromatic N) is 2. The zero-order valence-corrected chi connectivity index (χ0v) is 23.5. The van der Waals surface area contributed by atoms with Crippen molar-refractivity contribution in [2.24, 2.45) is 33.7 Å². The summed E-state index contributed by atoms with van der Waals surface area (Å²) < 4.78 is 0. The van der Waals surface area contributed by atoms with E-state index in [1.54, 1.807) is 0 Å². The van der Waals surface area contributed by atoms with Gasteiger partial charge >= 0.3 is 5.97 Å². The van der Waals surface area contributed by atoms with Crippen LogP contribution in [-0.4, -0.2) is 56.6 Å². The number of benzene rings is 1. The van der Waals surface area contributed by atoms with Crippen molar-refractivity contribution in [3.63, 3.8) is 0 Å². The van der Waals surface area contributed by atoms with Crippen LogP contribution in [0.4, 0.5) is 5.69 Å². The van der Waals surface area contributed by atoms with Gasteiger partial charge in [-0.05, 0) is 91.6 Å².